The molecule has 0 N–H and O–H groups in total. The predicted molar refractivity (Wildman–Crippen MR) is 91.9 cm³/mol. The number of aromatic nitrogens is 4. The second-order valence-corrected chi connectivity index (χ2v) is 6.40. The van der Waals surface area contributed by atoms with Gasteiger partial charge in [0.2, 0.25) is 5.91 Å². The molecular weight excluding hydrogens is 304 g/mol. The third kappa shape index (κ3) is 3.25. The molecule has 0 aromatic carbocycles. The molecule has 0 aliphatic carbocycles. The fraction of sp³-hybridized carbons (Fsp3) is 0.529. The Morgan fingerprint density at radius 1 is 1.04 bits per heavy atom. The molecule has 1 aliphatic rings. The van der Waals surface area contributed by atoms with Crippen LogP contribution in [-0.2, 0) is 4.79 Å². The van der Waals surface area contributed by atoms with Crippen molar-refractivity contribution in [3.05, 3.63) is 36.8 Å². The number of amides is 1. The van der Waals surface area contributed by atoms with Gasteiger partial charge >= 0.3 is 0 Å². The zero-order valence-electron chi connectivity index (χ0n) is 14.5. The van der Waals surface area contributed by atoms with Crippen LogP contribution in [0.15, 0.2) is 31.0 Å². The minimum atomic E-state index is -0.229. The Balaban J connectivity index is 1.63. The summed E-state index contributed by atoms with van der Waals surface area (Å²) in [6, 6.07) is -0.229. The van der Waals surface area contributed by atoms with Crippen molar-refractivity contribution < 1.29 is 4.79 Å². The number of nitrogens with zero attached hydrogens (tertiary/aromatic N) is 6. The van der Waals surface area contributed by atoms with E-state index in [0.717, 1.165) is 24.7 Å². The normalized spacial score (nSPS) is 16.5. The lowest BCUT2D eigenvalue weighted by atomic mass is 10.2. The van der Waals surface area contributed by atoms with Crippen LogP contribution < -0.4 is 4.90 Å². The maximum atomic E-state index is 12.8. The zero-order chi connectivity index (χ0) is 17.1. The molecule has 2 aromatic rings. The van der Waals surface area contributed by atoms with Gasteiger partial charge in [-0.05, 0) is 6.92 Å². The molecule has 1 aliphatic heterocycles. The van der Waals surface area contributed by atoms with Gasteiger partial charge in [0, 0.05) is 56.9 Å². The first kappa shape index (κ1) is 16.4. The molecule has 7 nitrogen and oxygen atoms in total. The molecule has 3 heterocycles. The van der Waals surface area contributed by atoms with Gasteiger partial charge in [0.05, 0.1) is 6.20 Å². The Hall–Kier alpha value is -2.44. The van der Waals surface area contributed by atoms with Gasteiger partial charge in [-0.3, -0.25) is 9.78 Å². The largest absolute Gasteiger partial charge is 0.352 e. The van der Waals surface area contributed by atoms with Gasteiger partial charge in [0.1, 0.15) is 17.7 Å². The summed E-state index contributed by atoms with van der Waals surface area (Å²) in [6.45, 7) is 9.09. The summed E-state index contributed by atoms with van der Waals surface area (Å²) in [5.74, 6) is 2.26. The van der Waals surface area contributed by atoms with Crippen LogP contribution in [0.1, 0.15) is 38.6 Å². The first-order valence-electron chi connectivity index (χ1n) is 8.40. The van der Waals surface area contributed by atoms with Crippen molar-refractivity contribution in [3.63, 3.8) is 0 Å². The predicted octanol–water partition coefficient (Wildman–Crippen LogP) is 1.71. The average molecular weight is 328 g/mol. The quantitative estimate of drug-likeness (QED) is 0.855. The summed E-state index contributed by atoms with van der Waals surface area (Å²) in [5.41, 5.74) is 0. The molecule has 1 saturated heterocycles. The van der Waals surface area contributed by atoms with Gasteiger partial charge in [-0.15, -0.1) is 0 Å². The average Bonchev–Trinajstić information content (AvgIpc) is 3.11. The second kappa shape index (κ2) is 6.98. The number of hydrogen-bond acceptors (Lipinski definition) is 5. The summed E-state index contributed by atoms with van der Waals surface area (Å²) in [6.07, 6.45) is 8.79. The molecule has 1 fully saturated rings. The monoisotopic (exact) mass is 328 g/mol. The zero-order valence-corrected chi connectivity index (χ0v) is 14.5. The standard InChI is InChI=1S/C17H24N6O/c1-13(2)16-20-6-7-23(16)14(3)17(24)22-10-8-21(9-11-22)15-12-18-4-5-19-15/h4-7,12-14H,8-11H2,1-3H3/t14-/m1/s1. The summed E-state index contributed by atoms with van der Waals surface area (Å²) in [7, 11) is 0. The Bertz CT molecular complexity index is 675. The molecule has 3 rings (SSSR count). The molecule has 1 amide bonds. The fourth-order valence-electron chi connectivity index (χ4n) is 3.09. The smallest absolute Gasteiger partial charge is 0.245 e. The lowest BCUT2D eigenvalue weighted by molar-refractivity contribution is -0.134. The molecule has 2 aromatic heterocycles. The molecule has 0 unspecified atom stereocenters. The van der Waals surface area contributed by atoms with E-state index in [1.54, 1.807) is 24.8 Å². The molecule has 24 heavy (non-hydrogen) atoms. The maximum absolute atomic E-state index is 12.8. The van der Waals surface area contributed by atoms with Crippen LogP contribution >= 0.6 is 0 Å². The Labute approximate surface area is 142 Å². The number of piperazine rings is 1. The van der Waals surface area contributed by atoms with Gasteiger partial charge < -0.3 is 14.4 Å². The van der Waals surface area contributed by atoms with Crippen LogP contribution in [0, 0.1) is 0 Å². The molecule has 1 atom stereocenters. The van der Waals surface area contributed by atoms with Gasteiger partial charge in [-0.1, -0.05) is 13.8 Å². The van der Waals surface area contributed by atoms with E-state index in [9.17, 15) is 4.79 Å². The van der Waals surface area contributed by atoms with Crippen molar-refractivity contribution >= 4 is 11.7 Å². The maximum Gasteiger partial charge on any atom is 0.245 e. The highest BCUT2D eigenvalue weighted by Crippen LogP contribution is 2.20. The first-order chi connectivity index (χ1) is 11.6. The van der Waals surface area contributed by atoms with Crippen molar-refractivity contribution in [1.82, 2.24) is 24.4 Å². The number of imidazole rings is 1. The number of carbonyl (C=O) groups is 1. The molecule has 0 spiro atoms. The van der Waals surface area contributed by atoms with E-state index in [0.29, 0.717) is 19.0 Å². The van der Waals surface area contributed by atoms with E-state index in [4.69, 9.17) is 0 Å². The number of rotatable bonds is 4. The van der Waals surface area contributed by atoms with E-state index >= 15 is 0 Å². The Kier molecular flexibility index (Phi) is 4.78. The van der Waals surface area contributed by atoms with Crippen LogP contribution in [0.25, 0.3) is 0 Å². The Morgan fingerprint density at radius 2 is 1.79 bits per heavy atom. The van der Waals surface area contributed by atoms with Gasteiger partial charge in [-0.25, -0.2) is 9.97 Å². The van der Waals surface area contributed by atoms with Crippen molar-refractivity contribution in [2.45, 2.75) is 32.7 Å². The second-order valence-electron chi connectivity index (χ2n) is 6.40. The van der Waals surface area contributed by atoms with E-state index in [-0.39, 0.29) is 11.9 Å². The van der Waals surface area contributed by atoms with Crippen LogP contribution in [-0.4, -0.2) is 56.5 Å². The minimum absolute atomic E-state index is 0.147. The molecule has 0 bridgehead atoms. The van der Waals surface area contributed by atoms with E-state index in [1.807, 2.05) is 22.6 Å². The number of anilines is 1. The van der Waals surface area contributed by atoms with Gasteiger partial charge in [0.15, 0.2) is 0 Å². The lowest BCUT2D eigenvalue weighted by Gasteiger charge is -2.36. The van der Waals surface area contributed by atoms with Crippen molar-refractivity contribution in [2.24, 2.45) is 0 Å². The highest BCUT2D eigenvalue weighted by atomic mass is 16.2. The lowest BCUT2D eigenvalue weighted by Crippen LogP contribution is -2.50. The van der Waals surface area contributed by atoms with Crippen LogP contribution in [0.5, 0.6) is 0 Å². The van der Waals surface area contributed by atoms with Crippen LogP contribution in [0.3, 0.4) is 0 Å². The molecular formula is C17H24N6O. The van der Waals surface area contributed by atoms with E-state index in [2.05, 4.69) is 33.7 Å². The Morgan fingerprint density at radius 3 is 2.42 bits per heavy atom. The summed E-state index contributed by atoms with van der Waals surface area (Å²) >= 11 is 0. The molecule has 128 valence electrons. The first-order valence-corrected chi connectivity index (χ1v) is 8.40. The highest BCUT2D eigenvalue weighted by molar-refractivity contribution is 5.80. The summed E-state index contributed by atoms with van der Waals surface area (Å²) in [5, 5.41) is 0. The van der Waals surface area contributed by atoms with Gasteiger partial charge in [0.25, 0.3) is 0 Å². The molecule has 0 saturated carbocycles. The molecule has 0 radical (unpaired) electrons. The van der Waals surface area contributed by atoms with Crippen LogP contribution in [0.2, 0.25) is 0 Å². The van der Waals surface area contributed by atoms with Crippen LogP contribution in [0.4, 0.5) is 5.82 Å². The molecule has 7 heteroatoms. The fourth-order valence-corrected chi connectivity index (χ4v) is 3.09. The number of hydrogen-bond donors (Lipinski definition) is 0. The summed E-state index contributed by atoms with van der Waals surface area (Å²) in [4.78, 5) is 29.8. The van der Waals surface area contributed by atoms with Crippen molar-refractivity contribution in [2.75, 3.05) is 31.1 Å². The van der Waals surface area contributed by atoms with E-state index in [1.165, 1.54) is 0 Å². The van der Waals surface area contributed by atoms with Crippen molar-refractivity contribution in [1.29, 1.82) is 0 Å². The van der Waals surface area contributed by atoms with Gasteiger partial charge in [-0.2, -0.15) is 0 Å². The van der Waals surface area contributed by atoms with E-state index < -0.39 is 0 Å². The topological polar surface area (TPSA) is 67.2 Å². The van der Waals surface area contributed by atoms with Crippen molar-refractivity contribution in [3.8, 4) is 0 Å². The number of carbonyl (C=O) groups excluding carboxylic acids is 1. The summed E-state index contributed by atoms with van der Waals surface area (Å²) < 4.78 is 1.99. The third-order valence-electron chi connectivity index (χ3n) is 4.45. The SMILES string of the molecule is CC(C)c1nccn1[C@H](C)C(=O)N1CCN(c2cnccn2)CC1. The highest BCUT2D eigenvalue weighted by Gasteiger charge is 2.27. The third-order valence-corrected chi connectivity index (χ3v) is 4.45. The minimum Gasteiger partial charge on any atom is -0.352 e.